The molecule has 0 N–H and O–H groups in total. The van der Waals surface area contributed by atoms with Crippen LogP contribution in [0.15, 0.2) is 38.0 Å². The van der Waals surface area contributed by atoms with E-state index >= 15 is 0 Å². The molecule has 0 saturated heterocycles. The minimum Gasteiger partial charge on any atom is 0 e. The zero-order chi connectivity index (χ0) is 90.5. The Hall–Kier alpha value is 10.0. The fraction of sp³-hybridized carbons (Fsp3) is 0.939. The van der Waals surface area contributed by atoms with Crippen molar-refractivity contribution in [3.63, 3.8) is 0 Å². The molecule has 0 amide bonds. The van der Waals surface area contributed by atoms with Gasteiger partial charge in [-0.2, -0.15) is 22.2 Å². The van der Waals surface area contributed by atoms with Gasteiger partial charge in [0.1, 0.15) is 0 Å². The quantitative estimate of drug-likeness (QED) is 0.0465. The van der Waals surface area contributed by atoms with E-state index in [0.29, 0.717) is 124 Å². The van der Waals surface area contributed by atoms with Gasteiger partial charge in [-0.1, -0.05) is 240 Å². The van der Waals surface area contributed by atoms with Crippen LogP contribution in [0.5, 0.6) is 0 Å². The fourth-order valence-electron chi connectivity index (χ4n) is 38.0. The Labute approximate surface area is 945 Å². The molecule has 0 radical (unpaired) electrons. The van der Waals surface area contributed by atoms with Crippen molar-refractivity contribution in [1.29, 1.82) is 0 Å². The van der Waals surface area contributed by atoms with Gasteiger partial charge in [0.25, 0.3) is 6.69 Å². The molecule has 127 heavy (non-hydrogen) atoms. The third-order valence-electron chi connectivity index (χ3n) is 33.8. The van der Waals surface area contributed by atoms with Crippen LogP contribution in [0.2, 0.25) is 30.2 Å². The van der Waals surface area contributed by atoms with Crippen molar-refractivity contribution in [2.24, 2.45) is 128 Å². The summed E-state index contributed by atoms with van der Waals surface area (Å²) in [5, 5.41) is 3.10. The van der Waals surface area contributed by atoms with E-state index in [1.807, 2.05) is 0 Å². The summed E-state index contributed by atoms with van der Waals surface area (Å²) in [6.07, 6.45) is 67.5. The second-order valence-corrected chi connectivity index (χ2v) is 119. The smallest absolute Gasteiger partial charge is 0 e. The van der Waals surface area contributed by atoms with Gasteiger partial charge in [0.15, 0.2) is 0 Å². The predicted molar refractivity (Wildman–Crippen MR) is 619 cm³/mol. The molecule has 24 aliphatic rings. The maximum absolute atomic E-state index is 6.63. The van der Waals surface area contributed by atoms with Crippen LogP contribution in [0.1, 0.15) is 390 Å². The minimum absolute atomic E-state index is 0. The van der Waals surface area contributed by atoms with Crippen LogP contribution in [-0.4, -0.2) is 56.1 Å². The number of hydrogen-bond donors (Lipinski definition) is 0. The summed E-state index contributed by atoms with van der Waals surface area (Å²) in [6, 6.07) is -1.48. The normalized spacial score (nSPS) is 44.0. The van der Waals surface area contributed by atoms with E-state index in [0.717, 1.165) is 70.0 Å². The first-order valence-corrected chi connectivity index (χ1v) is 93.7. The zero-order valence-electron chi connectivity index (χ0n) is 76.6. The average molecular weight is 2900 g/mol. The fourth-order valence-corrected chi connectivity index (χ4v) is 57.4. The molecule has 24 aliphatic carbocycles. The Morgan fingerprint density at radius 2 is 0.583 bits per heavy atom. The molecule has 14 unspecified atom stereocenters. The van der Waals surface area contributed by atoms with Crippen LogP contribution >= 0.6 is 276 Å². The Kier molecular flexibility index (Phi) is 52.9. The minimum atomic E-state index is -2.60. The molecular weight excluding hydrogens is 2720 g/mol. The first-order valence-electron chi connectivity index (χ1n) is 46.4. The van der Waals surface area contributed by atoms with Crippen LogP contribution in [0.4, 0.5) is 0 Å². The third kappa shape index (κ3) is 38.5. The van der Waals surface area contributed by atoms with Crippen LogP contribution in [0.25, 0.3) is 0 Å². The van der Waals surface area contributed by atoms with E-state index in [2.05, 4.69) is 280 Å². The molecule has 24 fully saturated rings. The molecule has 24 rings (SSSR count). The molecule has 14 atom stereocenters. The summed E-state index contributed by atoms with van der Waals surface area (Å²) < 4.78 is 0.538. The summed E-state index contributed by atoms with van der Waals surface area (Å²) in [6.45, 7) is 39.7. The van der Waals surface area contributed by atoms with E-state index < -0.39 is 26.1 Å². The first kappa shape index (κ1) is 131. The van der Waals surface area contributed by atoms with Crippen molar-refractivity contribution in [1.82, 2.24) is 0 Å². The zero-order valence-corrected chi connectivity index (χ0v) is 113. The number of hydrogen-bond acceptors (Lipinski definition) is 0. The summed E-state index contributed by atoms with van der Waals surface area (Å²) in [4.78, 5) is 1.34. The summed E-state index contributed by atoms with van der Waals surface area (Å²) in [5.74, 6) is 6.14. The molecule has 0 aromatic carbocycles. The topological polar surface area (TPSA) is 0 Å². The molecular formula is C99H174Br11Cl10FeSi4Zn2. The second-order valence-electron chi connectivity index (χ2n) is 50.4. The Bertz CT molecular complexity index is 3170. The van der Waals surface area contributed by atoms with Crippen LogP contribution in [0, 0.1) is 128 Å². The maximum atomic E-state index is 6.63. The van der Waals surface area contributed by atoms with E-state index in [1.54, 1.807) is 6.08 Å². The predicted octanol–water partition coefficient (Wildman–Crippen LogP) is 45.0. The van der Waals surface area contributed by atoms with Crippen molar-refractivity contribution in [3.05, 3.63) is 38.0 Å². The molecule has 0 heterocycles. The number of rotatable bonds is 21. The molecule has 0 aromatic rings. The Balaban J connectivity index is 0.000000376. The average Bonchev–Trinajstić information content (AvgIpc) is 0.798. The molecule has 0 aromatic heterocycles. The van der Waals surface area contributed by atoms with Gasteiger partial charge in [-0.05, 0) is 421 Å². The molecule has 24 bridgehead atoms. The van der Waals surface area contributed by atoms with E-state index in [9.17, 15) is 0 Å². The number of alkyl halides is 6. The first-order chi connectivity index (χ1) is 55.4. The number of allylic oxidation sites excluding steroid dienone is 3. The van der Waals surface area contributed by atoms with Gasteiger partial charge in [-0.15, -0.1) is 108 Å². The van der Waals surface area contributed by atoms with Gasteiger partial charge in [0.2, 0.25) is 7.42 Å². The second kappa shape index (κ2) is 51.2. The van der Waals surface area contributed by atoms with Crippen molar-refractivity contribution in [2.45, 2.75) is 434 Å². The third-order valence-corrected chi connectivity index (χ3v) is 52.3. The summed E-state index contributed by atoms with van der Waals surface area (Å²) in [5.41, 5.74) is 11.2. The maximum Gasteiger partial charge on any atom is 0 e. The van der Waals surface area contributed by atoms with Crippen molar-refractivity contribution in [3.8, 4) is 0 Å². The molecule has 0 spiro atoms. The van der Waals surface area contributed by atoms with E-state index in [-0.39, 0.29) is 78.3 Å². The van der Waals surface area contributed by atoms with E-state index in [4.69, 9.17) is 111 Å². The molecule has 0 nitrogen and oxygen atoms in total. The summed E-state index contributed by atoms with van der Waals surface area (Å²) in [7, 11) is -1.86. The van der Waals surface area contributed by atoms with Gasteiger partial charge in [-0.3, -0.25) is 0 Å². The SMILES string of the molecule is C.C.C.C.C.C=CCBr.C=CCC12CC3CC(C)(CC(C)(C3)C1)C2.C=CCC12CC3CC(C)(CC(C)(C3)C1)C2.CC12CC3CC(C)(C1)CC(Br)(C3)C2.CC12CC3CC(C)(C1)CC(CC(Br)CBr)(C3)C2.CC12CC3CC(C)(C1)CC(CC(Br)CBr)(C3)C2.CC12CC3CC(C)(C1)CC(CCC[Si](Cl)(Cl)CC[Si](Cl)(Cl)Cl)(C3)C2.Cl[SiH](Cl)CC[Si](Cl)(Cl)Cl.[Br][Fe]([Br])[Br].[Br][Zn][Br].[Zn]. The van der Waals surface area contributed by atoms with Crippen molar-refractivity contribution >= 4 is 302 Å². The molecule has 745 valence electrons. The standard InChI is InChI=1S/C17H29Cl5Si2.2C15H24Br2.2C15H24.C12H19Br.C3H5Br.C2H5Cl5Si2.5CH4.5BrH.Fe.2Zn/c1-15-8-14-9-16(2,11-15)13-17(10-14,12-15)4-3-5-23(18,19)6-7-24(20,21)22;2*1-13-3-11-4-14(2,8-13)10-15(5-11,9-13)6-12(17)7-16;2*1-4-5-15-8-12-6-13(2,10-15)9-14(3,7-12)11-15;1-10-3-9-4-11(2,6-10)8-12(13,5-9)7-10;1-2-3-4;3-8(4)1-2-9(5,6)7;;;;;;;;;;;;;/h14H,3-13H2,1-2H3;2*11-12H,3-10H2,1-2H3;2*4,12H,1,5-11H2,2-3H3;9H,3-8H2,1-2H3;2H,1,3H2;8H,1-2H2;5*1H4;5*1H;;;/q;;;;;;;;;;;;;;;;;;+3;;+2/p-5. The van der Waals surface area contributed by atoms with Crippen molar-refractivity contribution < 1.29 is 41.2 Å². The van der Waals surface area contributed by atoms with Gasteiger partial charge >= 0.3 is 103 Å². The largest absolute Gasteiger partial charge is 0 e. The van der Waals surface area contributed by atoms with E-state index in [1.165, 1.54) is 263 Å². The molecule has 28 heteroatoms. The van der Waals surface area contributed by atoms with Gasteiger partial charge < -0.3 is 0 Å². The Morgan fingerprint density at radius 3 is 0.780 bits per heavy atom. The van der Waals surface area contributed by atoms with Crippen molar-refractivity contribution in [2.75, 3.05) is 16.0 Å². The molecule has 0 aliphatic heterocycles. The monoisotopic (exact) mass is 2880 g/mol. The Morgan fingerprint density at radius 1 is 0.362 bits per heavy atom. The van der Waals surface area contributed by atoms with Crippen LogP contribution in [0.3, 0.4) is 0 Å². The molecule has 24 saturated carbocycles. The van der Waals surface area contributed by atoms with Crippen LogP contribution in [-0.2, 0) is 41.2 Å². The number of halogens is 21. The van der Waals surface area contributed by atoms with Crippen LogP contribution < -0.4 is 0 Å². The van der Waals surface area contributed by atoms with Gasteiger partial charge in [0, 0.05) is 49.4 Å². The van der Waals surface area contributed by atoms with Gasteiger partial charge in [0.05, 0.1) is 0 Å². The van der Waals surface area contributed by atoms with Gasteiger partial charge in [-0.25, -0.2) is 0 Å². The summed E-state index contributed by atoms with van der Waals surface area (Å²) >= 11 is 96.9.